The number of unbranched alkanes of at least 4 members (excludes halogenated alkanes) is 2. The van der Waals surface area contributed by atoms with E-state index in [1.54, 1.807) is 33.8 Å². The summed E-state index contributed by atoms with van der Waals surface area (Å²) in [6.45, 7) is 22.7. The molecular formula is C32H63N5O7. The molecule has 3 amide bonds. The van der Waals surface area contributed by atoms with Crippen molar-refractivity contribution in [2.75, 3.05) is 19.9 Å². The van der Waals surface area contributed by atoms with Crippen molar-refractivity contribution in [3.8, 4) is 0 Å². The van der Waals surface area contributed by atoms with Crippen molar-refractivity contribution in [1.82, 2.24) is 16.0 Å². The Hall–Kier alpha value is -2.93. The second-order valence-electron chi connectivity index (χ2n) is 11.8. The minimum absolute atomic E-state index is 0.00589. The Morgan fingerprint density at radius 1 is 0.864 bits per heavy atom. The average molecular weight is 630 g/mol. The maximum Gasteiger partial charge on any atom is 0.408 e. The van der Waals surface area contributed by atoms with Crippen LogP contribution in [-0.2, 0) is 19.1 Å². The second-order valence-corrected chi connectivity index (χ2v) is 11.8. The van der Waals surface area contributed by atoms with Gasteiger partial charge in [-0.1, -0.05) is 38.7 Å². The Balaban J connectivity index is -0.000000926. The van der Waals surface area contributed by atoms with Crippen molar-refractivity contribution < 1.29 is 34.1 Å². The van der Waals surface area contributed by atoms with Gasteiger partial charge in [0.25, 0.3) is 0 Å². The van der Waals surface area contributed by atoms with E-state index in [4.69, 9.17) is 31.2 Å². The average Bonchev–Trinajstić information content (AvgIpc) is 2.91. The van der Waals surface area contributed by atoms with E-state index in [0.717, 1.165) is 32.1 Å². The number of aliphatic hydroxyl groups excluding tert-OH is 1. The number of ether oxygens (including phenoxy) is 2. The van der Waals surface area contributed by atoms with Crippen LogP contribution >= 0.6 is 0 Å². The van der Waals surface area contributed by atoms with Crippen molar-refractivity contribution >= 4 is 17.9 Å². The molecule has 0 heterocycles. The van der Waals surface area contributed by atoms with E-state index in [1.165, 1.54) is 0 Å². The first kappa shape index (κ1) is 45.5. The van der Waals surface area contributed by atoms with Crippen molar-refractivity contribution in [2.45, 2.75) is 130 Å². The zero-order chi connectivity index (χ0) is 34.8. The number of hydrogen-bond acceptors (Lipinski definition) is 9. The molecule has 0 rings (SSSR count). The molecule has 9 N–H and O–H groups in total. The standard InChI is InChI=1S/C20H41N5O4.C11H18O.CH4O2/c1-14(10-6-8-12-21)23-17(26)15(2)24-18(27)16(11-7-9-13-22)25-19(28)29-20(3,4)5;1-6-8-9-10(3)12-11(4,5)7-2;2-1-3/h14-16H,6-13,21-22H2,1-5H3,(H,23,26)(H,24,27)(H,25,28);6,8-9H,1,3,7H2,2,4-5H3;2-3H,1H2/b;9-8-;. The van der Waals surface area contributed by atoms with Crippen LogP contribution in [0.15, 0.2) is 37.1 Å². The highest BCUT2D eigenvalue weighted by atomic mass is 16.6. The van der Waals surface area contributed by atoms with E-state index in [1.807, 2.05) is 32.9 Å². The Bertz CT molecular complexity index is 841. The van der Waals surface area contributed by atoms with E-state index in [0.29, 0.717) is 31.7 Å². The summed E-state index contributed by atoms with van der Waals surface area (Å²) in [6.07, 6.45) is 10.1. The predicted molar refractivity (Wildman–Crippen MR) is 177 cm³/mol. The highest BCUT2D eigenvalue weighted by Crippen LogP contribution is 2.17. The number of amides is 3. The molecule has 0 aromatic carbocycles. The fourth-order valence-electron chi connectivity index (χ4n) is 3.26. The SMILES string of the molecule is C=C/C=C\C(=C)OC(C)(C)CC.CC(CCCCN)NC(=O)C(C)NC(=O)C(CCCCN)NC(=O)OC(C)(C)C.OCO. The summed E-state index contributed by atoms with van der Waals surface area (Å²) >= 11 is 0. The lowest BCUT2D eigenvalue weighted by Crippen LogP contribution is -2.54. The zero-order valence-corrected chi connectivity index (χ0v) is 28.5. The smallest absolute Gasteiger partial charge is 0.408 e. The fraction of sp³-hybridized carbons (Fsp3) is 0.719. The van der Waals surface area contributed by atoms with Crippen molar-refractivity contribution in [3.05, 3.63) is 37.1 Å². The molecule has 0 aliphatic carbocycles. The van der Waals surface area contributed by atoms with Gasteiger partial charge in [0, 0.05) is 6.04 Å². The second kappa shape index (κ2) is 26.5. The van der Waals surface area contributed by atoms with Crippen molar-refractivity contribution in [2.24, 2.45) is 11.5 Å². The Morgan fingerprint density at radius 3 is 1.84 bits per heavy atom. The minimum atomic E-state index is -0.798. The molecule has 0 bridgehead atoms. The summed E-state index contributed by atoms with van der Waals surface area (Å²) in [6, 6.07) is -1.53. The van der Waals surface area contributed by atoms with Crippen molar-refractivity contribution in [3.63, 3.8) is 0 Å². The summed E-state index contributed by atoms with van der Waals surface area (Å²) in [7, 11) is 0. The number of hydrogen-bond donors (Lipinski definition) is 7. The van der Waals surface area contributed by atoms with Crippen LogP contribution in [-0.4, -0.2) is 77.3 Å². The molecule has 0 aromatic rings. The van der Waals surface area contributed by atoms with E-state index in [2.05, 4.69) is 36.0 Å². The van der Waals surface area contributed by atoms with Gasteiger partial charge in [0.15, 0.2) is 0 Å². The van der Waals surface area contributed by atoms with Crippen LogP contribution in [0, 0.1) is 0 Å². The molecule has 0 saturated heterocycles. The number of rotatable bonds is 18. The molecule has 12 heteroatoms. The number of carbonyl (C=O) groups excluding carboxylic acids is 3. The molecule has 3 unspecified atom stereocenters. The highest BCUT2D eigenvalue weighted by Gasteiger charge is 2.26. The summed E-state index contributed by atoms with van der Waals surface area (Å²) in [5.41, 5.74) is 10.2. The summed E-state index contributed by atoms with van der Waals surface area (Å²) < 4.78 is 10.8. The molecule has 12 nitrogen and oxygen atoms in total. The lowest BCUT2D eigenvalue weighted by atomic mass is 10.1. The normalized spacial score (nSPS) is 13.1. The summed E-state index contributed by atoms with van der Waals surface area (Å²) in [4.78, 5) is 37.0. The van der Waals surface area contributed by atoms with Gasteiger partial charge >= 0.3 is 6.09 Å². The number of aliphatic hydroxyl groups is 2. The summed E-state index contributed by atoms with van der Waals surface area (Å²) in [5.74, 6) is -0.00959. The quantitative estimate of drug-likeness (QED) is 0.0513. The number of nitrogens with two attached hydrogens (primary N) is 2. The number of nitrogens with one attached hydrogen (secondary N) is 3. The van der Waals surface area contributed by atoms with Gasteiger partial charge in [0.05, 0.1) is 0 Å². The molecule has 258 valence electrons. The van der Waals surface area contributed by atoms with Crippen LogP contribution in [0.5, 0.6) is 0 Å². The number of carbonyl (C=O) groups is 3. The predicted octanol–water partition coefficient (Wildman–Crippen LogP) is 3.52. The largest absolute Gasteiger partial charge is 0.489 e. The molecule has 0 aliphatic heterocycles. The van der Waals surface area contributed by atoms with Gasteiger partial charge in [-0.2, -0.15) is 0 Å². The Morgan fingerprint density at radius 2 is 1.39 bits per heavy atom. The van der Waals surface area contributed by atoms with Crippen LogP contribution in [0.2, 0.25) is 0 Å². The third-order valence-electron chi connectivity index (χ3n) is 5.86. The third kappa shape index (κ3) is 29.2. The maximum absolute atomic E-state index is 12.6. The van der Waals surface area contributed by atoms with Gasteiger partial charge in [-0.05, 0) is 106 Å². The number of allylic oxidation sites excluding steroid dienone is 3. The van der Waals surface area contributed by atoms with E-state index < -0.39 is 36.5 Å². The third-order valence-corrected chi connectivity index (χ3v) is 5.86. The maximum atomic E-state index is 12.6. The first-order valence-electron chi connectivity index (χ1n) is 15.3. The van der Waals surface area contributed by atoms with Crippen LogP contribution in [0.4, 0.5) is 4.79 Å². The van der Waals surface area contributed by atoms with Crippen LogP contribution in [0.25, 0.3) is 0 Å². The highest BCUT2D eigenvalue weighted by molar-refractivity contribution is 5.91. The molecule has 44 heavy (non-hydrogen) atoms. The molecule has 0 aliphatic rings. The van der Waals surface area contributed by atoms with E-state index in [9.17, 15) is 14.4 Å². The Labute approximate surface area is 266 Å². The van der Waals surface area contributed by atoms with E-state index in [-0.39, 0.29) is 17.6 Å². The Kier molecular flexibility index (Phi) is 27.4. The molecule has 0 radical (unpaired) electrons. The molecular weight excluding hydrogens is 566 g/mol. The first-order valence-corrected chi connectivity index (χ1v) is 15.3. The van der Waals surface area contributed by atoms with Gasteiger partial charge < -0.3 is 47.1 Å². The zero-order valence-electron chi connectivity index (χ0n) is 28.5. The summed E-state index contributed by atoms with van der Waals surface area (Å²) in [5, 5.41) is 22.4. The van der Waals surface area contributed by atoms with Crippen LogP contribution in [0.1, 0.15) is 100 Å². The topological polar surface area (TPSA) is 198 Å². The van der Waals surface area contributed by atoms with E-state index >= 15 is 0 Å². The van der Waals surface area contributed by atoms with Crippen LogP contribution in [0.3, 0.4) is 0 Å². The first-order chi connectivity index (χ1) is 20.4. The lowest BCUT2D eigenvalue weighted by Gasteiger charge is -2.25. The molecule has 0 fully saturated rings. The molecule has 0 aromatic heterocycles. The molecule has 3 atom stereocenters. The molecule has 0 saturated carbocycles. The number of alkyl carbamates (subject to hydrolysis) is 1. The monoisotopic (exact) mass is 629 g/mol. The minimum Gasteiger partial charge on any atom is -0.489 e. The van der Waals surface area contributed by atoms with Gasteiger partial charge in [-0.15, -0.1) is 0 Å². The van der Waals surface area contributed by atoms with Gasteiger partial charge in [-0.25, -0.2) is 4.79 Å². The van der Waals surface area contributed by atoms with Gasteiger partial charge in [0.1, 0.15) is 35.8 Å². The van der Waals surface area contributed by atoms with Crippen LogP contribution < -0.4 is 27.4 Å². The lowest BCUT2D eigenvalue weighted by molar-refractivity contribution is -0.130. The fourth-order valence-corrected chi connectivity index (χ4v) is 3.26. The van der Waals surface area contributed by atoms with Crippen molar-refractivity contribution in [1.29, 1.82) is 0 Å². The van der Waals surface area contributed by atoms with Gasteiger partial charge in [-0.3, -0.25) is 9.59 Å². The van der Waals surface area contributed by atoms with Gasteiger partial charge in [0.2, 0.25) is 11.8 Å². The molecule has 0 spiro atoms.